The van der Waals surface area contributed by atoms with Crippen molar-refractivity contribution in [2.75, 3.05) is 16.9 Å². The molecule has 0 spiro atoms. The lowest BCUT2D eigenvalue weighted by Crippen LogP contribution is -2.31. The van der Waals surface area contributed by atoms with Crippen LogP contribution in [-0.4, -0.2) is 29.1 Å². The van der Waals surface area contributed by atoms with E-state index in [1.165, 1.54) is 0 Å². The highest BCUT2D eigenvalue weighted by atomic mass is 32.2. The van der Waals surface area contributed by atoms with Crippen LogP contribution in [0.25, 0.3) is 0 Å². The zero-order chi connectivity index (χ0) is 17.6. The minimum absolute atomic E-state index is 0.0111. The Labute approximate surface area is 157 Å². The summed E-state index contributed by atoms with van der Waals surface area (Å²) in [6.45, 7) is 0.513. The molecule has 1 unspecified atom stereocenters. The number of nitrogens with zero attached hydrogens (tertiary/aromatic N) is 1. The summed E-state index contributed by atoms with van der Waals surface area (Å²) < 4.78 is 5.78. The second-order valence-corrected chi connectivity index (χ2v) is 7.10. The number of nitrogens with one attached hydrogen (secondary N) is 1. The van der Waals surface area contributed by atoms with E-state index in [-0.39, 0.29) is 11.9 Å². The molecule has 4 nitrogen and oxygen atoms in total. The lowest BCUT2D eigenvalue weighted by molar-refractivity contribution is -0.118. The van der Waals surface area contributed by atoms with Gasteiger partial charge in [0.15, 0.2) is 5.11 Å². The molecule has 2 aromatic rings. The molecule has 1 amide bonds. The van der Waals surface area contributed by atoms with Gasteiger partial charge >= 0.3 is 0 Å². The maximum Gasteiger partial charge on any atom is 0.255 e. The highest BCUT2D eigenvalue weighted by Gasteiger charge is 2.35. The predicted octanol–water partition coefficient (Wildman–Crippen LogP) is 3.61. The summed E-state index contributed by atoms with van der Waals surface area (Å²) in [4.78, 5) is 14.1. The summed E-state index contributed by atoms with van der Waals surface area (Å²) in [6, 6.07) is 17.2. The third-order valence-electron chi connectivity index (χ3n) is 3.97. The Morgan fingerprint density at radius 3 is 2.56 bits per heavy atom. The fourth-order valence-electron chi connectivity index (χ4n) is 2.64. The number of amides is 1. The fraction of sp³-hybridized carbons (Fsp3) is 0.263. The number of thiocarbonyl (C=S) groups is 1. The predicted molar refractivity (Wildman–Crippen MR) is 107 cm³/mol. The minimum atomic E-state index is -0.228. The Morgan fingerprint density at radius 2 is 1.88 bits per heavy atom. The maximum atomic E-state index is 12.6. The van der Waals surface area contributed by atoms with Gasteiger partial charge in [0.1, 0.15) is 18.4 Å². The van der Waals surface area contributed by atoms with E-state index in [0.29, 0.717) is 11.7 Å². The number of thioether (sulfide) groups is 1. The minimum Gasteiger partial charge on any atom is -0.489 e. The molecule has 0 bridgehead atoms. The van der Waals surface area contributed by atoms with Gasteiger partial charge in [0.05, 0.1) is 5.69 Å². The average Bonchev–Trinajstić information content (AvgIpc) is 2.93. The molecule has 1 N–H and O–H groups in total. The van der Waals surface area contributed by atoms with Gasteiger partial charge in [0, 0.05) is 0 Å². The van der Waals surface area contributed by atoms with E-state index in [2.05, 4.69) is 5.32 Å². The average molecular weight is 373 g/mol. The molecular weight excluding hydrogens is 352 g/mol. The lowest BCUT2D eigenvalue weighted by Gasteiger charge is -2.15. The van der Waals surface area contributed by atoms with Gasteiger partial charge in [-0.15, -0.1) is 0 Å². The van der Waals surface area contributed by atoms with Crippen LogP contribution in [0.5, 0.6) is 5.75 Å². The van der Waals surface area contributed by atoms with Crippen LogP contribution >= 0.6 is 24.0 Å². The normalized spacial score (nSPS) is 16.8. The molecule has 0 saturated carbocycles. The summed E-state index contributed by atoms with van der Waals surface area (Å²) in [5.41, 5.74) is 1.88. The number of hydrogen-bond donors (Lipinski definition) is 1. The van der Waals surface area contributed by atoms with E-state index in [0.717, 1.165) is 29.2 Å². The van der Waals surface area contributed by atoms with Gasteiger partial charge in [0.2, 0.25) is 0 Å². The van der Waals surface area contributed by atoms with Gasteiger partial charge in [-0.1, -0.05) is 30.3 Å². The van der Waals surface area contributed by atoms with Crippen molar-refractivity contribution in [3.63, 3.8) is 0 Å². The molecule has 1 fully saturated rings. The molecule has 1 aliphatic heterocycles. The highest BCUT2D eigenvalue weighted by Crippen LogP contribution is 2.24. The second-order valence-electron chi connectivity index (χ2n) is 5.73. The molecule has 2 aromatic carbocycles. The first kappa shape index (κ1) is 17.8. The van der Waals surface area contributed by atoms with Crippen molar-refractivity contribution >= 4 is 40.7 Å². The van der Waals surface area contributed by atoms with Crippen LogP contribution in [-0.2, 0) is 11.4 Å². The Bertz CT molecular complexity index is 735. The first-order valence-electron chi connectivity index (χ1n) is 8.09. The number of anilines is 1. The lowest BCUT2D eigenvalue weighted by atomic mass is 10.2. The van der Waals surface area contributed by atoms with E-state index in [1.54, 1.807) is 16.7 Å². The molecule has 0 radical (unpaired) electrons. The highest BCUT2D eigenvalue weighted by molar-refractivity contribution is 7.98. The summed E-state index contributed by atoms with van der Waals surface area (Å²) in [6.07, 6.45) is 2.80. The van der Waals surface area contributed by atoms with Gasteiger partial charge in [-0.3, -0.25) is 9.69 Å². The molecule has 130 valence electrons. The van der Waals surface area contributed by atoms with Crippen molar-refractivity contribution < 1.29 is 9.53 Å². The molecule has 0 aromatic heterocycles. The SMILES string of the molecule is CSCCC1NC(=S)N(c2ccc(OCc3ccccc3)cc2)C1=O. The number of carbonyl (C=O) groups excluding carboxylic acids is 1. The van der Waals surface area contributed by atoms with Crippen molar-refractivity contribution in [3.05, 3.63) is 60.2 Å². The van der Waals surface area contributed by atoms with Crippen LogP contribution in [0.4, 0.5) is 5.69 Å². The number of rotatable bonds is 7. The van der Waals surface area contributed by atoms with Crippen molar-refractivity contribution in [3.8, 4) is 5.75 Å². The second kappa shape index (κ2) is 8.36. The largest absolute Gasteiger partial charge is 0.489 e. The Morgan fingerprint density at radius 1 is 1.16 bits per heavy atom. The quantitative estimate of drug-likeness (QED) is 0.752. The zero-order valence-corrected chi connectivity index (χ0v) is 15.6. The molecule has 1 heterocycles. The van der Waals surface area contributed by atoms with Gasteiger partial charge in [-0.25, -0.2) is 0 Å². The molecule has 1 aliphatic rings. The van der Waals surface area contributed by atoms with E-state index >= 15 is 0 Å². The topological polar surface area (TPSA) is 41.6 Å². The molecule has 1 saturated heterocycles. The van der Waals surface area contributed by atoms with E-state index in [9.17, 15) is 4.79 Å². The summed E-state index contributed by atoms with van der Waals surface area (Å²) in [5, 5.41) is 3.58. The standard InChI is InChI=1S/C19H20N2O2S2/c1-25-12-11-17-18(22)21(19(24)20-17)15-7-9-16(10-8-15)23-13-14-5-3-2-4-6-14/h2-10,17H,11-13H2,1H3,(H,20,24). The summed E-state index contributed by atoms with van der Waals surface area (Å²) in [7, 11) is 0. The van der Waals surface area contributed by atoms with E-state index in [4.69, 9.17) is 17.0 Å². The van der Waals surface area contributed by atoms with Gasteiger partial charge in [-0.05, 0) is 60.5 Å². The van der Waals surface area contributed by atoms with Crippen molar-refractivity contribution in [2.24, 2.45) is 0 Å². The van der Waals surface area contributed by atoms with Crippen molar-refractivity contribution in [1.82, 2.24) is 5.32 Å². The number of hydrogen-bond acceptors (Lipinski definition) is 4. The Hall–Kier alpha value is -2.05. The molecular formula is C19H20N2O2S2. The monoisotopic (exact) mass is 372 g/mol. The van der Waals surface area contributed by atoms with E-state index in [1.807, 2.05) is 60.9 Å². The van der Waals surface area contributed by atoms with E-state index < -0.39 is 0 Å². The number of carbonyl (C=O) groups is 1. The molecule has 6 heteroatoms. The fourth-order valence-corrected chi connectivity index (χ4v) is 3.45. The van der Waals surface area contributed by atoms with Crippen LogP contribution in [0.15, 0.2) is 54.6 Å². The van der Waals surface area contributed by atoms with Gasteiger partial charge in [0.25, 0.3) is 5.91 Å². The third-order valence-corrected chi connectivity index (χ3v) is 4.92. The number of ether oxygens (including phenoxy) is 1. The van der Waals surface area contributed by atoms with Crippen LogP contribution in [0.2, 0.25) is 0 Å². The van der Waals surface area contributed by atoms with Crippen LogP contribution in [0, 0.1) is 0 Å². The molecule has 25 heavy (non-hydrogen) atoms. The number of benzene rings is 2. The maximum absolute atomic E-state index is 12.6. The Kier molecular flexibility index (Phi) is 5.94. The molecule has 1 atom stereocenters. The van der Waals surface area contributed by atoms with Crippen LogP contribution in [0.1, 0.15) is 12.0 Å². The summed E-state index contributed by atoms with van der Waals surface area (Å²) in [5.74, 6) is 1.70. The summed E-state index contributed by atoms with van der Waals surface area (Å²) >= 11 is 7.05. The van der Waals surface area contributed by atoms with Crippen LogP contribution in [0.3, 0.4) is 0 Å². The van der Waals surface area contributed by atoms with Crippen molar-refractivity contribution in [1.29, 1.82) is 0 Å². The van der Waals surface area contributed by atoms with Gasteiger partial charge < -0.3 is 10.1 Å². The first-order valence-corrected chi connectivity index (χ1v) is 9.89. The van der Waals surface area contributed by atoms with Crippen LogP contribution < -0.4 is 15.0 Å². The smallest absolute Gasteiger partial charge is 0.255 e. The zero-order valence-electron chi connectivity index (χ0n) is 14.0. The van der Waals surface area contributed by atoms with Gasteiger partial charge in [-0.2, -0.15) is 11.8 Å². The Balaban J connectivity index is 1.63. The van der Waals surface area contributed by atoms with Crippen molar-refractivity contribution in [2.45, 2.75) is 19.1 Å². The molecule has 0 aliphatic carbocycles. The third kappa shape index (κ3) is 4.32. The molecule has 3 rings (SSSR count). The first-order chi connectivity index (χ1) is 12.2.